The predicted octanol–water partition coefficient (Wildman–Crippen LogP) is 23.6. The molecule has 1 atom stereocenters. The Hall–Kier alpha value is -3.67. The Kier molecular flexibility index (Phi) is 64.7. The molecule has 6 heteroatoms. The molecule has 0 amide bonds. The fraction of sp³-hybridized carbons (Fsp3) is 0.743. The molecule has 6 nitrogen and oxygen atoms in total. The van der Waals surface area contributed by atoms with E-state index < -0.39 is 6.10 Å². The van der Waals surface area contributed by atoms with Gasteiger partial charge in [-0.15, -0.1) is 0 Å². The van der Waals surface area contributed by atoms with Crippen LogP contribution in [0.15, 0.2) is 97.2 Å². The molecule has 0 saturated heterocycles. The molecule has 0 aromatic heterocycles. The van der Waals surface area contributed by atoms with E-state index >= 15 is 0 Å². The molecule has 0 aliphatic rings. The van der Waals surface area contributed by atoms with Crippen molar-refractivity contribution in [3.8, 4) is 0 Å². The van der Waals surface area contributed by atoms with Crippen LogP contribution in [-0.4, -0.2) is 37.2 Å². The lowest BCUT2D eigenvalue weighted by atomic mass is 10.0. The van der Waals surface area contributed by atoms with E-state index in [0.29, 0.717) is 19.3 Å². The van der Waals surface area contributed by atoms with E-state index in [1.807, 2.05) is 0 Å². The van der Waals surface area contributed by atoms with Crippen molar-refractivity contribution in [1.82, 2.24) is 0 Å². The Bertz CT molecular complexity index is 1560. The van der Waals surface area contributed by atoms with Crippen LogP contribution in [0, 0.1) is 0 Å². The summed E-state index contributed by atoms with van der Waals surface area (Å²) in [4.78, 5) is 38.4. The van der Waals surface area contributed by atoms with Gasteiger partial charge >= 0.3 is 17.9 Å². The number of hydrogen-bond acceptors (Lipinski definition) is 6. The summed E-state index contributed by atoms with van der Waals surface area (Å²) >= 11 is 0. The van der Waals surface area contributed by atoms with E-state index in [-0.39, 0.29) is 31.1 Å². The highest BCUT2D eigenvalue weighted by Crippen LogP contribution is 2.17. The van der Waals surface area contributed by atoms with Crippen molar-refractivity contribution in [2.75, 3.05) is 13.2 Å². The zero-order chi connectivity index (χ0) is 57.8. The maximum absolute atomic E-state index is 12.9. The summed E-state index contributed by atoms with van der Waals surface area (Å²) in [6, 6.07) is 0. The van der Waals surface area contributed by atoms with E-state index in [4.69, 9.17) is 14.2 Å². The number of allylic oxidation sites excluding steroid dienone is 16. The average molecular weight is 1110 g/mol. The van der Waals surface area contributed by atoms with Crippen LogP contribution < -0.4 is 0 Å². The maximum Gasteiger partial charge on any atom is 0.306 e. The molecule has 460 valence electrons. The third kappa shape index (κ3) is 65.1. The van der Waals surface area contributed by atoms with E-state index in [2.05, 4.69) is 118 Å². The molecule has 0 spiro atoms. The second-order valence-electron chi connectivity index (χ2n) is 22.7. The molecule has 0 fully saturated rings. The van der Waals surface area contributed by atoms with E-state index in [9.17, 15) is 14.4 Å². The fourth-order valence-corrected chi connectivity index (χ4v) is 9.76. The van der Waals surface area contributed by atoms with Gasteiger partial charge in [0.2, 0.25) is 0 Å². The first-order valence-electron chi connectivity index (χ1n) is 34.2. The normalized spacial score (nSPS) is 12.7. The van der Waals surface area contributed by atoms with Crippen LogP contribution in [0.4, 0.5) is 0 Å². The molecule has 0 heterocycles. The molecule has 0 aliphatic heterocycles. The van der Waals surface area contributed by atoms with Crippen molar-refractivity contribution in [3.63, 3.8) is 0 Å². The highest BCUT2D eigenvalue weighted by Gasteiger charge is 2.19. The molecule has 0 aromatic rings. The molecule has 0 bridgehead atoms. The molecule has 0 rings (SSSR count). The Labute approximate surface area is 496 Å². The summed E-state index contributed by atoms with van der Waals surface area (Å²) in [5.41, 5.74) is 0. The Morgan fingerprint density at radius 1 is 0.263 bits per heavy atom. The van der Waals surface area contributed by atoms with Crippen LogP contribution in [0.25, 0.3) is 0 Å². The SMILES string of the molecule is CC/C=C\C/C=C\C/C=C\C/C=C\C/C=C\C/C=C\C/C=C\C/C=C\CCCCC(=O)OCC(COC(=O)CCCCCCCCCCCCCCCC)OC(=O)CCCCCCCCCCCCCCCCCCCCCCC. The Morgan fingerprint density at radius 2 is 0.487 bits per heavy atom. The minimum atomic E-state index is -0.794. The highest BCUT2D eigenvalue weighted by molar-refractivity contribution is 5.71. The van der Waals surface area contributed by atoms with Crippen LogP contribution in [-0.2, 0) is 28.6 Å². The Balaban J connectivity index is 4.40. The van der Waals surface area contributed by atoms with Crippen LogP contribution in [0.1, 0.15) is 335 Å². The summed E-state index contributed by atoms with van der Waals surface area (Å²) in [6.45, 7) is 6.54. The molecule has 0 saturated carbocycles. The second-order valence-corrected chi connectivity index (χ2v) is 22.7. The second kappa shape index (κ2) is 67.8. The predicted molar refractivity (Wildman–Crippen MR) is 348 cm³/mol. The molecule has 0 aromatic carbocycles. The van der Waals surface area contributed by atoms with E-state index in [0.717, 1.165) is 109 Å². The zero-order valence-corrected chi connectivity index (χ0v) is 52.8. The van der Waals surface area contributed by atoms with Gasteiger partial charge in [0.25, 0.3) is 0 Å². The molecule has 0 N–H and O–H groups in total. The molecular formula is C74H128O6. The summed E-state index contributed by atoms with van der Waals surface area (Å²) in [5, 5.41) is 0. The summed E-state index contributed by atoms with van der Waals surface area (Å²) < 4.78 is 16.9. The molecule has 0 aliphatic carbocycles. The van der Waals surface area contributed by atoms with Gasteiger partial charge in [0.1, 0.15) is 13.2 Å². The topological polar surface area (TPSA) is 78.9 Å². The van der Waals surface area contributed by atoms with E-state index in [1.165, 1.54) is 186 Å². The fourth-order valence-electron chi connectivity index (χ4n) is 9.76. The van der Waals surface area contributed by atoms with Crippen molar-refractivity contribution in [3.05, 3.63) is 97.2 Å². The third-order valence-corrected chi connectivity index (χ3v) is 14.9. The monoisotopic (exact) mass is 1110 g/mol. The largest absolute Gasteiger partial charge is 0.462 e. The van der Waals surface area contributed by atoms with Gasteiger partial charge in [-0.25, -0.2) is 0 Å². The molecule has 80 heavy (non-hydrogen) atoms. The smallest absolute Gasteiger partial charge is 0.306 e. The van der Waals surface area contributed by atoms with Gasteiger partial charge in [-0.3, -0.25) is 14.4 Å². The summed E-state index contributed by atoms with van der Waals surface area (Å²) in [6.07, 6.45) is 91.4. The number of carbonyl (C=O) groups excluding carboxylic acids is 3. The standard InChI is InChI=1S/C74H128O6/c1-4-7-10-13-16-19-22-25-28-30-32-34-35-36-37-38-39-41-42-44-46-49-52-55-58-61-64-67-73(76)79-70-71(69-78-72(75)66-63-60-57-54-51-48-27-24-21-18-15-12-9-6-3)80-74(77)68-65-62-59-56-53-50-47-45-43-40-33-31-29-26-23-20-17-14-11-8-5-2/h7,10,16,19,25,28,32,34,36-37,39,41,44,46,52,55,71H,4-6,8-9,11-15,17-18,20-24,26-27,29-31,33,35,38,40,42-43,45,47-51,53-54,56-70H2,1-3H3/b10-7-,19-16-,28-25-,34-32-,37-36-,41-39-,46-44-,55-52-. The lowest BCUT2D eigenvalue weighted by Gasteiger charge is -2.18. The van der Waals surface area contributed by atoms with Crippen LogP contribution in [0.5, 0.6) is 0 Å². The number of rotatable bonds is 62. The third-order valence-electron chi connectivity index (χ3n) is 14.9. The minimum absolute atomic E-state index is 0.0869. The first kappa shape index (κ1) is 76.3. The zero-order valence-electron chi connectivity index (χ0n) is 52.8. The number of ether oxygens (including phenoxy) is 3. The van der Waals surface area contributed by atoms with Crippen molar-refractivity contribution < 1.29 is 28.6 Å². The van der Waals surface area contributed by atoms with Crippen LogP contribution in [0.2, 0.25) is 0 Å². The summed E-state index contributed by atoms with van der Waals surface area (Å²) in [7, 11) is 0. The van der Waals surface area contributed by atoms with Gasteiger partial charge in [-0.2, -0.15) is 0 Å². The van der Waals surface area contributed by atoms with Gasteiger partial charge < -0.3 is 14.2 Å². The molecular weight excluding hydrogens is 985 g/mol. The van der Waals surface area contributed by atoms with Crippen molar-refractivity contribution in [2.45, 2.75) is 341 Å². The lowest BCUT2D eigenvalue weighted by Crippen LogP contribution is -2.30. The van der Waals surface area contributed by atoms with Crippen molar-refractivity contribution in [1.29, 1.82) is 0 Å². The molecule has 1 unspecified atom stereocenters. The first-order valence-corrected chi connectivity index (χ1v) is 34.2. The number of hydrogen-bond donors (Lipinski definition) is 0. The Morgan fingerprint density at radius 3 is 0.762 bits per heavy atom. The van der Waals surface area contributed by atoms with Gasteiger partial charge in [0.05, 0.1) is 0 Å². The van der Waals surface area contributed by atoms with Crippen LogP contribution >= 0.6 is 0 Å². The van der Waals surface area contributed by atoms with Crippen molar-refractivity contribution in [2.24, 2.45) is 0 Å². The van der Waals surface area contributed by atoms with E-state index in [1.54, 1.807) is 0 Å². The highest BCUT2D eigenvalue weighted by atomic mass is 16.6. The average Bonchev–Trinajstić information content (AvgIpc) is 3.46. The molecule has 0 radical (unpaired) electrons. The van der Waals surface area contributed by atoms with Crippen LogP contribution in [0.3, 0.4) is 0 Å². The quantitative estimate of drug-likeness (QED) is 0.0261. The van der Waals surface area contributed by atoms with Gasteiger partial charge in [-0.1, -0.05) is 330 Å². The first-order chi connectivity index (χ1) is 39.5. The van der Waals surface area contributed by atoms with Crippen molar-refractivity contribution >= 4 is 17.9 Å². The van der Waals surface area contributed by atoms with Gasteiger partial charge in [0.15, 0.2) is 6.10 Å². The maximum atomic E-state index is 12.9. The van der Waals surface area contributed by atoms with Gasteiger partial charge in [0, 0.05) is 19.3 Å². The lowest BCUT2D eigenvalue weighted by molar-refractivity contribution is -0.167. The van der Waals surface area contributed by atoms with Gasteiger partial charge in [-0.05, 0) is 83.5 Å². The number of carbonyl (C=O) groups is 3. The number of esters is 3. The number of unbranched alkanes of at least 4 members (excludes halogenated alkanes) is 35. The summed E-state index contributed by atoms with van der Waals surface area (Å²) in [5.74, 6) is -0.915. The minimum Gasteiger partial charge on any atom is -0.462 e.